The largest absolute Gasteiger partial charge is 0.377 e. The second-order valence-corrected chi connectivity index (χ2v) is 4.60. The number of halogens is 1. The summed E-state index contributed by atoms with van der Waals surface area (Å²) in [6.45, 7) is 4.51. The molecule has 1 aromatic rings. The van der Waals surface area contributed by atoms with Gasteiger partial charge < -0.3 is 15.2 Å². The van der Waals surface area contributed by atoms with E-state index in [9.17, 15) is 0 Å². The summed E-state index contributed by atoms with van der Waals surface area (Å²) in [4.78, 5) is 0. The van der Waals surface area contributed by atoms with Crippen LogP contribution < -0.4 is 5.73 Å². The van der Waals surface area contributed by atoms with Crippen LogP contribution in [0.4, 0.5) is 0 Å². The normalized spacial score (nSPS) is 12.6. The molecule has 0 heterocycles. The number of hydrogen-bond donors (Lipinski definition) is 1. The van der Waals surface area contributed by atoms with E-state index < -0.39 is 0 Å². The zero-order valence-electron chi connectivity index (χ0n) is 10.2. The maximum Gasteiger partial charge on any atom is 0.0727 e. The molecular formula is C13H20BrNO2. The Balaban J connectivity index is 2.22. The summed E-state index contributed by atoms with van der Waals surface area (Å²) in [5.74, 6) is 0. The third-order valence-electron chi connectivity index (χ3n) is 2.46. The molecule has 1 aromatic carbocycles. The molecule has 1 atom stereocenters. The van der Waals surface area contributed by atoms with Crippen molar-refractivity contribution in [3.05, 3.63) is 34.3 Å². The lowest BCUT2D eigenvalue weighted by Crippen LogP contribution is -2.25. The molecule has 96 valence electrons. The number of rotatable bonds is 8. The second kappa shape index (κ2) is 8.64. The quantitative estimate of drug-likeness (QED) is 0.751. The van der Waals surface area contributed by atoms with Crippen LogP contribution in [0.15, 0.2) is 28.7 Å². The summed E-state index contributed by atoms with van der Waals surface area (Å²) < 4.78 is 12.2. The molecular weight excluding hydrogens is 282 g/mol. The maximum absolute atomic E-state index is 5.61. The highest BCUT2D eigenvalue weighted by molar-refractivity contribution is 9.10. The lowest BCUT2D eigenvalue weighted by molar-refractivity contribution is 0.0288. The van der Waals surface area contributed by atoms with E-state index in [2.05, 4.69) is 15.9 Å². The summed E-state index contributed by atoms with van der Waals surface area (Å²) in [6.07, 6.45) is 0.952. The molecule has 1 unspecified atom stereocenters. The molecule has 2 N–H and O–H groups in total. The van der Waals surface area contributed by atoms with E-state index in [1.807, 2.05) is 31.2 Å². The summed E-state index contributed by atoms with van der Waals surface area (Å²) >= 11 is 3.49. The Bertz CT molecular complexity index is 320. The first-order chi connectivity index (χ1) is 8.27. The Morgan fingerprint density at radius 1 is 1.35 bits per heavy atom. The number of benzene rings is 1. The van der Waals surface area contributed by atoms with Crippen molar-refractivity contribution in [3.8, 4) is 0 Å². The van der Waals surface area contributed by atoms with Gasteiger partial charge in [0, 0.05) is 24.2 Å². The summed E-state index contributed by atoms with van der Waals surface area (Å²) in [5.41, 5.74) is 6.75. The topological polar surface area (TPSA) is 44.5 Å². The third-order valence-corrected chi connectivity index (χ3v) is 3.24. The minimum Gasteiger partial charge on any atom is -0.377 e. The highest BCUT2D eigenvalue weighted by Gasteiger charge is 2.05. The first-order valence-corrected chi connectivity index (χ1v) is 6.70. The van der Waals surface area contributed by atoms with Gasteiger partial charge in [-0.1, -0.05) is 34.1 Å². The highest BCUT2D eigenvalue weighted by atomic mass is 79.9. The average Bonchev–Trinajstić information content (AvgIpc) is 2.35. The molecule has 0 fully saturated rings. The third kappa shape index (κ3) is 5.64. The Labute approximate surface area is 111 Å². The van der Waals surface area contributed by atoms with Gasteiger partial charge in [0.25, 0.3) is 0 Å². The molecule has 0 aliphatic carbocycles. The van der Waals surface area contributed by atoms with Crippen molar-refractivity contribution in [2.75, 3.05) is 19.8 Å². The fourth-order valence-electron chi connectivity index (χ4n) is 1.52. The second-order valence-electron chi connectivity index (χ2n) is 3.75. The predicted molar refractivity (Wildman–Crippen MR) is 72.9 cm³/mol. The van der Waals surface area contributed by atoms with Gasteiger partial charge >= 0.3 is 0 Å². The maximum atomic E-state index is 5.61. The van der Waals surface area contributed by atoms with Crippen LogP contribution >= 0.6 is 15.9 Å². The van der Waals surface area contributed by atoms with Crippen LogP contribution in [-0.4, -0.2) is 25.9 Å². The van der Waals surface area contributed by atoms with Crippen molar-refractivity contribution in [3.63, 3.8) is 0 Å². The molecule has 17 heavy (non-hydrogen) atoms. The van der Waals surface area contributed by atoms with Crippen molar-refractivity contribution < 1.29 is 9.47 Å². The first-order valence-electron chi connectivity index (χ1n) is 5.90. The molecule has 0 aliphatic heterocycles. The van der Waals surface area contributed by atoms with E-state index in [0.717, 1.165) is 16.5 Å². The minimum atomic E-state index is 0.110. The van der Waals surface area contributed by atoms with Crippen LogP contribution in [0.5, 0.6) is 0 Å². The van der Waals surface area contributed by atoms with Crippen molar-refractivity contribution in [2.24, 2.45) is 5.73 Å². The molecule has 0 saturated heterocycles. The number of ether oxygens (including phenoxy) is 2. The standard InChI is InChI=1S/C13H20BrNO2/c1-2-17-12(9-15)7-8-16-10-11-5-3-4-6-13(11)14/h3-6,12H,2,7-10,15H2,1H3. The molecule has 0 bridgehead atoms. The molecule has 0 aromatic heterocycles. The van der Waals surface area contributed by atoms with Crippen molar-refractivity contribution in [2.45, 2.75) is 26.1 Å². The summed E-state index contributed by atoms with van der Waals surface area (Å²) in [5, 5.41) is 0. The van der Waals surface area contributed by atoms with Crippen LogP contribution in [-0.2, 0) is 16.1 Å². The smallest absolute Gasteiger partial charge is 0.0727 e. The number of nitrogens with two attached hydrogens (primary N) is 1. The van der Waals surface area contributed by atoms with Crippen molar-refractivity contribution >= 4 is 15.9 Å². The molecule has 0 saturated carbocycles. The number of hydrogen-bond acceptors (Lipinski definition) is 3. The van der Waals surface area contributed by atoms with E-state index in [1.165, 1.54) is 0 Å². The van der Waals surface area contributed by atoms with Gasteiger partial charge in [0.2, 0.25) is 0 Å². The fraction of sp³-hybridized carbons (Fsp3) is 0.538. The van der Waals surface area contributed by atoms with Crippen molar-refractivity contribution in [1.82, 2.24) is 0 Å². The predicted octanol–water partition coefficient (Wildman–Crippen LogP) is 2.72. The van der Waals surface area contributed by atoms with E-state index in [-0.39, 0.29) is 6.10 Å². The van der Waals surface area contributed by atoms with E-state index >= 15 is 0 Å². The molecule has 0 amide bonds. The molecule has 1 rings (SSSR count). The monoisotopic (exact) mass is 301 g/mol. The fourth-order valence-corrected chi connectivity index (χ4v) is 1.92. The lowest BCUT2D eigenvalue weighted by atomic mass is 10.2. The van der Waals surface area contributed by atoms with Crippen LogP contribution in [0.2, 0.25) is 0 Å². The van der Waals surface area contributed by atoms with Crippen molar-refractivity contribution in [1.29, 1.82) is 0 Å². The zero-order valence-corrected chi connectivity index (χ0v) is 11.8. The van der Waals surface area contributed by atoms with Gasteiger partial charge in [0.15, 0.2) is 0 Å². The van der Waals surface area contributed by atoms with Crippen LogP contribution in [0.25, 0.3) is 0 Å². The van der Waals surface area contributed by atoms with Gasteiger partial charge in [-0.3, -0.25) is 0 Å². The van der Waals surface area contributed by atoms with E-state index in [1.54, 1.807) is 0 Å². The highest BCUT2D eigenvalue weighted by Crippen LogP contribution is 2.16. The molecule has 0 aliphatic rings. The summed E-state index contributed by atoms with van der Waals surface area (Å²) in [7, 11) is 0. The SMILES string of the molecule is CCOC(CN)CCOCc1ccccc1Br. The first kappa shape index (κ1) is 14.6. The molecule has 0 spiro atoms. The van der Waals surface area contributed by atoms with Gasteiger partial charge in [-0.05, 0) is 25.0 Å². The lowest BCUT2D eigenvalue weighted by Gasteiger charge is -2.14. The Morgan fingerprint density at radius 3 is 2.76 bits per heavy atom. The molecule has 0 radical (unpaired) electrons. The average molecular weight is 302 g/mol. The Hall–Kier alpha value is -0.420. The summed E-state index contributed by atoms with van der Waals surface area (Å²) in [6, 6.07) is 8.06. The minimum absolute atomic E-state index is 0.110. The molecule has 4 heteroatoms. The Morgan fingerprint density at radius 2 is 2.12 bits per heavy atom. The van der Waals surface area contributed by atoms with E-state index in [4.69, 9.17) is 15.2 Å². The van der Waals surface area contributed by atoms with Crippen LogP contribution in [0, 0.1) is 0 Å². The molecule has 3 nitrogen and oxygen atoms in total. The van der Waals surface area contributed by atoms with Gasteiger partial charge in [-0.15, -0.1) is 0 Å². The van der Waals surface area contributed by atoms with Gasteiger partial charge in [0.1, 0.15) is 0 Å². The zero-order chi connectivity index (χ0) is 12.5. The van der Waals surface area contributed by atoms with Gasteiger partial charge in [0.05, 0.1) is 12.7 Å². The Kier molecular flexibility index (Phi) is 7.44. The van der Waals surface area contributed by atoms with Crippen LogP contribution in [0.3, 0.4) is 0 Å². The van der Waals surface area contributed by atoms with Gasteiger partial charge in [-0.2, -0.15) is 0 Å². The van der Waals surface area contributed by atoms with E-state index in [0.29, 0.717) is 26.4 Å². The van der Waals surface area contributed by atoms with Crippen LogP contribution in [0.1, 0.15) is 18.9 Å². The van der Waals surface area contributed by atoms with Gasteiger partial charge in [-0.25, -0.2) is 0 Å².